The molecular formula is C31H25FN2O4. The van der Waals surface area contributed by atoms with Gasteiger partial charge in [-0.2, -0.15) is 0 Å². The molecule has 1 spiro atoms. The zero-order valence-corrected chi connectivity index (χ0v) is 20.5. The van der Waals surface area contributed by atoms with Crippen molar-refractivity contribution in [2.45, 2.75) is 24.5 Å². The molecule has 0 bridgehead atoms. The molecule has 1 fully saturated rings. The maximum atomic E-state index is 14.4. The minimum atomic E-state index is -1.20. The number of anilines is 3. The Balaban J connectivity index is 1.33. The topological polar surface area (TPSA) is 68.8 Å². The van der Waals surface area contributed by atoms with E-state index < -0.39 is 11.6 Å². The van der Waals surface area contributed by atoms with Gasteiger partial charge in [0.05, 0.1) is 17.4 Å². The second-order valence-corrected chi connectivity index (χ2v) is 9.76. The maximum absolute atomic E-state index is 14.4. The third-order valence-corrected chi connectivity index (χ3v) is 7.42. The molecule has 0 saturated carbocycles. The molecule has 3 aliphatic rings. The second kappa shape index (κ2) is 8.89. The lowest BCUT2D eigenvalue weighted by Crippen LogP contribution is -2.33. The lowest BCUT2D eigenvalue weighted by molar-refractivity contribution is 0.0224. The number of carbonyl (C=O) groups excluding carboxylic acids is 1. The highest BCUT2D eigenvalue weighted by Gasteiger charge is 2.53. The molecule has 2 unspecified atom stereocenters. The third kappa shape index (κ3) is 3.62. The quantitative estimate of drug-likeness (QED) is 0.292. The van der Waals surface area contributed by atoms with Crippen LogP contribution in [0.5, 0.6) is 11.5 Å². The van der Waals surface area contributed by atoms with Gasteiger partial charge in [0, 0.05) is 47.3 Å². The van der Waals surface area contributed by atoms with Crippen molar-refractivity contribution in [3.8, 4) is 11.5 Å². The van der Waals surface area contributed by atoms with E-state index in [-0.39, 0.29) is 11.9 Å². The van der Waals surface area contributed by atoms with E-state index >= 15 is 0 Å². The van der Waals surface area contributed by atoms with E-state index in [9.17, 15) is 9.18 Å². The number of carbonyl (C=O) groups is 1. The molecule has 7 heteroatoms. The van der Waals surface area contributed by atoms with Gasteiger partial charge in [-0.1, -0.05) is 30.3 Å². The van der Waals surface area contributed by atoms with Crippen LogP contribution in [-0.4, -0.2) is 25.2 Å². The molecule has 190 valence electrons. The van der Waals surface area contributed by atoms with Crippen LogP contribution in [0.1, 0.15) is 39.9 Å². The Morgan fingerprint density at radius 1 is 0.868 bits per heavy atom. The SMILES string of the molecule is O=C1OC2(c3ccc(NCC4CCCO4)cc3Oc3ccc(Nc4ccccc4F)cc32)c2ccccc21. The molecule has 0 aromatic heterocycles. The van der Waals surface area contributed by atoms with Crippen molar-refractivity contribution in [2.75, 3.05) is 23.8 Å². The minimum Gasteiger partial charge on any atom is -0.456 e. The molecule has 6 nitrogen and oxygen atoms in total. The van der Waals surface area contributed by atoms with Crippen LogP contribution < -0.4 is 15.4 Å². The Morgan fingerprint density at radius 3 is 2.58 bits per heavy atom. The molecule has 38 heavy (non-hydrogen) atoms. The van der Waals surface area contributed by atoms with Gasteiger partial charge in [0.1, 0.15) is 17.3 Å². The summed E-state index contributed by atoms with van der Waals surface area (Å²) in [5.41, 5.74) is 3.36. The number of para-hydroxylation sites is 1. The fourth-order valence-corrected chi connectivity index (χ4v) is 5.62. The van der Waals surface area contributed by atoms with E-state index in [1.807, 2.05) is 54.6 Å². The first-order valence-corrected chi connectivity index (χ1v) is 12.8. The molecule has 4 aromatic carbocycles. The van der Waals surface area contributed by atoms with Crippen LogP contribution in [0.15, 0.2) is 84.9 Å². The molecule has 3 aliphatic heterocycles. The van der Waals surface area contributed by atoms with Gasteiger partial charge in [-0.25, -0.2) is 9.18 Å². The second-order valence-electron chi connectivity index (χ2n) is 9.76. The van der Waals surface area contributed by atoms with Crippen LogP contribution in [0.2, 0.25) is 0 Å². The highest BCUT2D eigenvalue weighted by Crippen LogP contribution is 2.56. The first-order chi connectivity index (χ1) is 18.6. The number of halogens is 1. The van der Waals surface area contributed by atoms with Crippen molar-refractivity contribution in [2.24, 2.45) is 0 Å². The minimum absolute atomic E-state index is 0.196. The Bertz CT molecular complexity index is 1570. The number of nitrogens with one attached hydrogen (secondary N) is 2. The highest BCUT2D eigenvalue weighted by atomic mass is 19.1. The van der Waals surface area contributed by atoms with Gasteiger partial charge >= 0.3 is 5.97 Å². The van der Waals surface area contributed by atoms with Gasteiger partial charge in [0.2, 0.25) is 0 Å². The van der Waals surface area contributed by atoms with Gasteiger partial charge < -0.3 is 24.8 Å². The first-order valence-electron chi connectivity index (χ1n) is 12.8. The lowest BCUT2D eigenvalue weighted by atomic mass is 9.77. The van der Waals surface area contributed by atoms with Gasteiger partial charge in [-0.3, -0.25) is 0 Å². The van der Waals surface area contributed by atoms with Crippen molar-refractivity contribution in [1.29, 1.82) is 0 Å². The van der Waals surface area contributed by atoms with Crippen molar-refractivity contribution in [1.82, 2.24) is 0 Å². The number of ether oxygens (including phenoxy) is 3. The predicted molar refractivity (Wildman–Crippen MR) is 142 cm³/mol. The lowest BCUT2D eigenvalue weighted by Gasteiger charge is -2.37. The van der Waals surface area contributed by atoms with Crippen LogP contribution in [0.25, 0.3) is 0 Å². The molecule has 2 atom stereocenters. The summed E-state index contributed by atoms with van der Waals surface area (Å²) in [4.78, 5) is 13.1. The summed E-state index contributed by atoms with van der Waals surface area (Å²) in [6.45, 7) is 1.51. The molecule has 0 amide bonds. The van der Waals surface area contributed by atoms with Crippen molar-refractivity contribution < 1.29 is 23.4 Å². The Kier molecular flexibility index (Phi) is 5.33. The van der Waals surface area contributed by atoms with E-state index in [1.54, 1.807) is 24.3 Å². The summed E-state index contributed by atoms with van der Waals surface area (Å²) in [5, 5.41) is 6.60. The molecule has 2 N–H and O–H groups in total. The molecule has 1 saturated heterocycles. The summed E-state index contributed by atoms with van der Waals surface area (Å²) in [5.74, 6) is 0.418. The number of esters is 1. The molecule has 0 radical (unpaired) electrons. The van der Waals surface area contributed by atoms with Gasteiger partial charge in [-0.05, 0) is 61.4 Å². The summed E-state index contributed by atoms with van der Waals surface area (Å²) in [6.07, 6.45) is 2.32. The molecular weight excluding hydrogens is 483 g/mol. The number of rotatable bonds is 5. The third-order valence-electron chi connectivity index (χ3n) is 7.42. The standard InChI is InChI=1S/C31H25FN2O4/c32-26-9-3-4-10-27(26)34-20-12-14-28-25(16-20)31(23-8-2-1-7-22(23)30(35)38-31)24-13-11-19(17-29(24)37-28)33-18-21-6-5-15-36-21/h1-4,7-14,16-17,21,33-34H,5-6,15,18H2. The van der Waals surface area contributed by atoms with E-state index in [2.05, 4.69) is 10.6 Å². The average Bonchev–Trinajstić information content (AvgIpc) is 3.56. The Labute approximate surface area is 219 Å². The molecule has 7 rings (SSSR count). The van der Waals surface area contributed by atoms with Gasteiger partial charge in [0.25, 0.3) is 0 Å². The summed E-state index contributed by atoms with van der Waals surface area (Å²) < 4.78 is 32.8. The van der Waals surface area contributed by atoms with Crippen LogP contribution in [0, 0.1) is 5.82 Å². The monoisotopic (exact) mass is 508 g/mol. The Hall–Kier alpha value is -4.36. The normalized spacial score (nSPS) is 20.8. The van der Waals surface area contributed by atoms with E-state index in [0.29, 0.717) is 40.5 Å². The van der Waals surface area contributed by atoms with Crippen molar-refractivity contribution in [3.05, 3.63) is 113 Å². The zero-order chi connectivity index (χ0) is 25.7. The smallest absolute Gasteiger partial charge is 0.340 e. The predicted octanol–water partition coefficient (Wildman–Crippen LogP) is 6.73. The van der Waals surface area contributed by atoms with Gasteiger partial charge in [0.15, 0.2) is 5.60 Å². The van der Waals surface area contributed by atoms with E-state index in [4.69, 9.17) is 14.2 Å². The van der Waals surface area contributed by atoms with Crippen molar-refractivity contribution in [3.63, 3.8) is 0 Å². The zero-order valence-electron chi connectivity index (χ0n) is 20.5. The Morgan fingerprint density at radius 2 is 1.71 bits per heavy atom. The van der Waals surface area contributed by atoms with Crippen LogP contribution in [0.3, 0.4) is 0 Å². The fourth-order valence-electron chi connectivity index (χ4n) is 5.62. The molecule has 0 aliphatic carbocycles. The van der Waals surface area contributed by atoms with E-state index in [0.717, 1.165) is 36.3 Å². The molecule has 3 heterocycles. The maximum Gasteiger partial charge on any atom is 0.340 e. The largest absolute Gasteiger partial charge is 0.456 e. The summed E-state index contributed by atoms with van der Waals surface area (Å²) in [6, 6.07) is 25.3. The van der Waals surface area contributed by atoms with E-state index in [1.165, 1.54) is 6.07 Å². The van der Waals surface area contributed by atoms with Crippen LogP contribution in [0.4, 0.5) is 21.5 Å². The first kappa shape index (κ1) is 22.8. The molecule has 4 aromatic rings. The fraction of sp³-hybridized carbons (Fsp3) is 0.194. The summed E-state index contributed by atoms with van der Waals surface area (Å²) >= 11 is 0. The van der Waals surface area contributed by atoms with Crippen LogP contribution >= 0.6 is 0 Å². The van der Waals surface area contributed by atoms with Gasteiger partial charge in [-0.15, -0.1) is 0 Å². The van der Waals surface area contributed by atoms with Crippen molar-refractivity contribution >= 4 is 23.0 Å². The average molecular weight is 509 g/mol. The number of fused-ring (bicyclic) bond motifs is 6. The number of hydrogen-bond donors (Lipinski definition) is 2. The number of benzene rings is 4. The summed E-state index contributed by atoms with van der Waals surface area (Å²) in [7, 11) is 0. The number of hydrogen-bond acceptors (Lipinski definition) is 6. The highest BCUT2D eigenvalue weighted by molar-refractivity contribution is 5.97. The van der Waals surface area contributed by atoms with Crippen LogP contribution in [-0.2, 0) is 15.1 Å².